The van der Waals surface area contributed by atoms with Crippen LogP contribution in [0.4, 0.5) is 0 Å². The Morgan fingerprint density at radius 1 is 1.35 bits per heavy atom. The van der Waals surface area contributed by atoms with E-state index in [0.717, 1.165) is 12.0 Å². The van der Waals surface area contributed by atoms with Gasteiger partial charge in [-0.2, -0.15) is 0 Å². The van der Waals surface area contributed by atoms with Crippen LogP contribution in [0.1, 0.15) is 31.9 Å². The molecule has 0 bridgehead atoms. The third-order valence-electron chi connectivity index (χ3n) is 3.30. The molecule has 3 N–H and O–H groups in total. The van der Waals surface area contributed by atoms with E-state index in [-0.39, 0.29) is 23.9 Å². The van der Waals surface area contributed by atoms with Gasteiger partial charge >= 0.3 is 0 Å². The lowest BCUT2D eigenvalue weighted by atomic mass is 9.96. The molecule has 1 fully saturated rings. The van der Waals surface area contributed by atoms with Crippen molar-refractivity contribution in [3.63, 3.8) is 0 Å². The number of carbonyl (C=O) groups is 1. The first-order valence-corrected chi connectivity index (χ1v) is 6.20. The van der Waals surface area contributed by atoms with Crippen molar-refractivity contribution < 1.29 is 4.79 Å². The summed E-state index contributed by atoms with van der Waals surface area (Å²) in [6.45, 7) is 4.23. The Hall–Kier alpha value is -1.35. The van der Waals surface area contributed by atoms with Crippen LogP contribution in [0.3, 0.4) is 0 Å². The van der Waals surface area contributed by atoms with E-state index in [2.05, 4.69) is 31.3 Å². The lowest BCUT2D eigenvalue weighted by Crippen LogP contribution is -2.34. The Bertz CT molecular complexity index is 388. The normalized spacial score (nSPS) is 24.5. The van der Waals surface area contributed by atoms with Gasteiger partial charge in [-0.3, -0.25) is 4.79 Å². The number of amides is 1. The van der Waals surface area contributed by atoms with Crippen molar-refractivity contribution in [1.29, 1.82) is 0 Å². The van der Waals surface area contributed by atoms with Crippen LogP contribution >= 0.6 is 0 Å². The zero-order valence-electron chi connectivity index (χ0n) is 10.4. The molecule has 0 aromatic heterocycles. The Balaban J connectivity index is 2.06. The highest BCUT2D eigenvalue weighted by molar-refractivity contribution is 5.82. The standard InChI is InChI=1S/C14H20N2O/c1-9(2)13(10-6-4-3-5-7-10)16-14(17)11-8-12(11)15/h3-7,9,11-13H,8,15H2,1-2H3,(H,16,17). The highest BCUT2D eigenvalue weighted by Crippen LogP contribution is 2.30. The molecule has 0 spiro atoms. The fraction of sp³-hybridized carbons (Fsp3) is 0.500. The lowest BCUT2D eigenvalue weighted by molar-refractivity contribution is -0.123. The van der Waals surface area contributed by atoms with Crippen LogP contribution < -0.4 is 11.1 Å². The van der Waals surface area contributed by atoms with Gasteiger partial charge in [0.2, 0.25) is 5.91 Å². The summed E-state index contributed by atoms with van der Waals surface area (Å²) in [7, 11) is 0. The maximum atomic E-state index is 11.9. The van der Waals surface area contributed by atoms with E-state index in [4.69, 9.17) is 5.73 Å². The van der Waals surface area contributed by atoms with Crippen molar-refractivity contribution in [2.24, 2.45) is 17.6 Å². The summed E-state index contributed by atoms with van der Waals surface area (Å²) in [5.74, 6) is 0.497. The number of benzene rings is 1. The molecule has 0 aliphatic heterocycles. The number of rotatable bonds is 4. The van der Waals surface area contributed by atoms with Crippen molar-refractivity contribution in [2.45, 2.75) is 32.4 Å². The topological polar surface area (TPSA) is 55.1 Å². The molecule has 1 saturated carbocycles. The second-order valence-electron chi connectivity index (χ2n) is 5.15. The smallest absolute Gasteiger partial charge is 0.225 e. The van der Waals surface area contributed by atoms with Gasteiger partial charge < -0.3 is 11.1 Å². The summed E-state index contributed by atoms with van der Waals surface area (Å²) in [4.78, 5) is 11.9. The van der Waals surface area contributed by atoms with E-state index in [0.29, 0.717) is 5.92 Å². The van der Waals surface area contributed by atoms with E-state index >= 15 is 0 Å². The third-order valence-corrected chi connectivity index (χ3v) is 3.30. The average Bonchev–Trinajstić information content (AvgIpc) is 3.04. The molecule has 3 atom stereocenters. The molecule has 1 aromatic carbocycles. The van der Waals surface area contributed by atoms with Crippen LogP contribution in [0.15, 0.2) is 30.3 Å². The third kappa shape index (κ3) is 2.86. The monoisotopic (exact) mass is 232 g/mol. The van der Waals surface area contributed by atoms with Gasteiger partial charge in [-0.1, -0.05) is 44.2 Å². The number of nitrogens with two attached hydrogens (primary N) is 1. The summed E-state index contributed by atoms with van der Waals surface area (Å²) in [6.07, 6.45) is 0.825. The minimum atomic E-state index is 0.0277. The Labute approximate surface area is 102 Å². The van der Waals surface area contributed by atoms with Crippen molar-refractivity contribution in [1.82, 2.24) is 5.32 Å². The highest BCUT2D eigenvalue weighted by Gasteiger charge is 2.40. The molecule has 17 heavy (non-hydrogen) atoms. The summed E-state index contributed by atoms with van der Waals surface area (Å²) < 4.78 is 0. The van der Waals surface area contributed by atoms with E-state index < -0.39 is 0 Å². The molecule has 3 heteroatoms. The van der Waals surface area contributed by atoms with Crippen molar-refractivity contribution in [3.05, 3.63) is 35.9 Å². The van der Waals surface area contributed by atoms with Gasteiger partial charge in [-0.25, -0.2) is 0 Å². The molecule has 92 valence electrons. The number of nitrogens with one attached hydrogen (secondary N) is 1. The van der Waals surface area contributed by atoms with Crippen LogP contribution in [0.2, 0.25) is 0 Å². The van der Waals surface area contributed by atoms with Gasteiger partial charge in [0, 0.05) is 6.04 Å². The van der Waals surface area contributed by atoms with E-state index in [1.165, 1.54) is 0 Å². The van der Waals surface area contributed by atoms with Gasteiger partial charge in [-0.05, 0) is 17.9 Å². The molecule has 0 heterocycles. The molecule has 1 amide bonds. The largest absolute Gasteiger partial charge is 0.349 e. The van der Waals surface area contributed by atoms with Crippen LogP contribution in [-0.2, 0) is 4.79 Å². The predicted molar refractivity (Wildman–Crippen MR) is 68.2 cm³/mol. The van der Waals surface area contributed by atoms with Crippen LogP contribution in [0.25, 0.3) is 0 Å². The van der Waals surface area contributed by atoms with Crippen LogP contribution in [-0.4, -0.2) is 11.9 Å². The minimum absolute atomic E-state index is 0.0277. The van der Waals surface area contributed by atoms with Gasteiger partial charge in [0.1, 0.15) is 0 Å². The second kappa shape index (κ2) is 4.88. The van der Waals surface area contributed by atoms with E-state index in [1.54, 1.807) is 0 Å². The van der Waals surface area contributed by atoms with Crippen molar-refractivity contribution in [3.8, 4) is 0 Å². The molecule has 1 aliphatic carbocycles. The molecule has 1 aromatic rings. The van der Waals surface area contributed by atoms with Gasteiger partial charge in [0.25, 0.3) is 0 Å². The minimum Gasteiger partial charge on any atom is -0.349 e. The van der Waals surface area contributed by atoms with E-state index in [1.807, 2.05) is 18.2 Å². The lowest BCUT2D eigenvalue weighted by Gasteiger charge is -2.23. The van der Waals surface area contributed by atoms with Gasteiger partial charge in [0.15, 0.2) is 0 Å². The summed E-state index contributed by atoms with van der Waals surface area (Å²) in [5.41, 5.74) is 6.85. The summed E-state index contributed by atoms with van der Waals surface area (Å²) in [6, 6.07) is 10.2. The van der Waals surface area contributed by atoms with Crippen LogP contribution in [0, 0.1) is 11.8 Å². The van der Waals surface area contributed by atoms with E-state index in [9.17, 15) is 4.79 Å². The molecule has 0 radical (unpaired) electrons. The maximum absolute atomic E-state index is 11.9. The molecular weight excluding hydrogens is 212 g/mol. The SMILES string of the molecule is CC(C)C(NC(=O)C1CC1N)c1ccccc1. The van der Waals surface area contributed by atoms with Crippen LogP contribution in [0.5, 0.6) is 0 Å². The fourth-order valence-corrected chi connectivity index (χ4v) is 2.07. The molecular formula is C14H20N2O. The Morgan fingerprint density at radius 3 is 2.41 bits per heavy atom. The van der Waals surface area contributed by atoms with Crippen molar-refractivity contribution in [2.75, 3.05) is 0 Å². The first-order valence-electron chi connectivity index (χ1n) is 6.20. The molecule has 3 nitrogen and oxygen atoms in total. The molecule has 2 rings (SSSR count). The molecule has 1 aliphatic rings. The molecule has 0 saturated heterocycles. The average molecular weight is 232 g/mol. The van der Waals surface area contributed by atoms with Gasteiger partial charge in [-0.15, -0.1) is 0 Å². The number of hydrogen-bond donors (Lipinski definition) is 2. The number of hydrogen-bond acceptors (Lipinski definition) is 2. The summed E-state index contributed by atoms with van der Waals surface area (Å²) >= 11 is 0. The Kier molecular flexibility index (Phi) is 3.48. The first-order chi connectivity index (χ1) is 8.09. The fourth-order valence-electron chi connectivity index (χ4n) is 2.07. The zero-order valence-corrected chi connectivity index (χ0v) is 10.4. The number of carbonyl (C=O) groups excluding carboxylic acids is 1. The van der Waals surface area contributed by atoms with Crippen molar-refractivity contribution >= 4 is 5.91 Å². The summed E-state index contributed by atoms with van der Waals surface area (Å²) in [5, 5.41) is 3.11. The Morgan fingerprint density at radius 2 is 1.94 bits per heavy atom. The second-order valence-corrected chi connectivity index (χ2v) is 5.15. The highest BCUT2D eigenvalue weighted by atomic mass is 16.2. The first kappa shape index (κ1) is 12.1. The zero-order chi connectivity index (χ0) is 12.4. The van der Waals surface area contributed by atoms with Gasteiger partial charge in [0.05, 0.1) is 12.0 Å². The molecule has 3 unspecified atom stereocenters. The quantitative estimate of drug-likeness (QED) is 0.832. The predicted octanol–water partition coefficient (Wildman–Crippen LogP) is 1.85. The maximum Gasteiger partial charge on any atom is 0.225 e.